The molecule has 1 aromatic heterocycles. The summed E-state index contributed by atoms with van der Waals surface area (Å²) in [6.45, 7) is 3.73. The standard InChI is InChI=1S/C14H17N3O2S2/c1-2-3-9-12(11-7-5-4-6-8-11)17-14-16-10-13(20-14)21(15,18)19/h2,4-8,10,12H,1,3,9H2,(H,16,17)(H2,15,18,19). The maximum Gasteiger partial charge on any atom is 0.249 e. The SMILES string of the molecule is C=CCCC(Nc1ncc(S(N)(=O)=O)s1)c1ccccc1. The fraction of sp³-hybridized carbons (Fsp3) is 0.214. The largest absolute Gasteiger partial charge is 0.355 e. The molecule has 112 valence electrons. The summed E-state index contributed by atoms with van der Waals surface area (Å²) in [7, 11) is -3.70. The molecule has 2 aromatic rings. The van der Waals surface area contributed by atoms with Gasteiger partial charge in [-0.1, -0.05) is 47.7 Å². The maximum atomic E-state index is 11.3. The van der Waals surface area contributed by atoms with Gasteiger partial charge in [-0.05, 0) is 18.4 Å². The van der Waals surface area contributed by atoms with Gasteiger partial charge in [0.1, 0.15) is 0 Å². The molecule has 1 heterocycles. The summed E-state index contributed by atoms with van der Waals surface area (Å²) in [5.41, 5.74) is 1.12. The first kappa shape index (κ1) is 15.7. The molecule has 0 aliphatic rings. The third kappa shape index (κ3) is 4.38. The number of allylic oxidation sites excluding steroid dienone is 1. The fourth-order valence-corrected chi connectivity index (χ4v) is 3.40. The van der Waals surface area contributed by atoms with Crippen LogP contribution in [-0.4, -0.2) is 13.4 Å². The van der Waals surface area contributed by atoms with E-state index < -0.39 is 10.0 Å². The van der Waals surface area contributed by atoms with Crippen molar-refractivity contribution in [3.8, 4) is 0 Å². The molecule has 0 fully saturated rings. The lowest BCUT2D eigenvalue weighted by molar-refractivity contribution is 0.599. The van der Waals surface area contributed by atoms with E-state index in [0.29, 0.717) is 5.13 Å². The predicted molar refractivity (Wildman–Crippen MR) is 85.7 cm³/mol. The Morgan fingerprint density at radius 2 is 2.10 bits per heavy atom. The van der Waals surface area contributed by atoms with E-state index in [2.05, 4.69) is 16.9 Å². The number of sulfonamides is 1. The van der Waals surface area contributed by atoms with Gasteiger partial charge in [0.25, 0.3) is 0 Å². The van der Waals surface area contributed by atoms with Crippen molar-refractivity contribution in [1.82, 2.24) is 4.98 Å². The number of nitrogens with one attached hydrogen (secondary N) is 1. The topological polar surface area (TPSA) is 85.1 Å². The molecule has 1 aromatic carbocycles. The number of nitrogens with two attached hydrogens (primary N) is 1. The molecule has 1 unspecified atom stereocenters. The number of anilines is 1. The molecule has 0 spiro atoms. The van der Waals surface area contributed by atoms with E-state index in [9.17, 15) is 8.42 Å². The smallest absolute Gasteiger partial charge is 0.249 e. The molecular weight excluding hydrogens is 306 g/mol. The fourth-order valence-electron chi connectivity index (χ4n) is 1.90. The number of hydrogen-bond acceptors (Lipinski definition) is 5. The van der Waals surface area contributed by atoms with Crippen molar-refractivity contribution >= 4 is 26.5 Å². The van der Waals surface area contributed by atoms with Gasteiger partial charge in [-0.15, -0.1) is 6.58 Å². The lowest BCUT2D eigenvalue weighted by Gasteiger charge is -2.17. The van der Waals surface area contributed by atoms with E-state index in [1.807, 2.05) is 36.4 Å². The molecule has 0 aliphatic carbocycles. The number of primary sulfonamides is 1. The molecule has 0 aliphatic heterocycles. The third-order valence-corrected chi connectivity index (χ3v) is 5.26. The number of aromatic nitrogens is 1. The van der Waals surface area contributed by atoms with Crippen molar-refractivity contribution in [1.29, 1.82) is 0 Å². The Bertz CT molecular complexity index is 696. The Morgan fingerprint density at radius 3 is 2.67 bits per heavy atom. The van der Waals surface area contributed by atoms with Crippen LogP contribution in [0.3, 0.4) is 0 Å². The summed E-state index contributed by atoms with van der Waals surface area (Å²) in [5, 5.41) is 8.89. The number of hydrogen-bond donors (Lipinski definition) is 2. The molecule has 1 atom stereocenters. The number of benzene rings is 1. The Balaban J connectivity index is 2.19. The van der Waals surface area contributed by atoms with Gasteiger partial charge >= 0.3 is 0 Å². The third-order valence-electron chi connectivity index (χ3n) is 2.92. The molecule has 21 heavy (non-hydrogen) atoms. The van der Waals surface area contributed by atoms with Gasteiger partial charge in [0.15, 0.2) is 9.34 Å². The van der Waals surface area contributed by atoms with E-state index in [4.69, 9.17) is 5.14 Å². The highest BCUT2D eigenvalue weighted by Crippen LogP contribution is 2.28. The zero-order chi connectivity index (χ0) is 15.3. The lowest BCUT2D eigenvalue weighted by atomic mass is 10.0. The summed E-state index contributed by atoms with van der Waals surface area (Å²) in [5.74, 6) is 0. The maximum absolute atomic E-state index is 11.3. The van der Waals surface area contributed by atoms with Crippen LogP contribution in [-0.2, 0) is 10.0 Å². The zero-order valence-corrected chi connectivity index (χ0v) is 13.0. The second-order valence-electron chi connectivity index (χ2n) is 4.50. The quantitative estimate of drug-likeness (QED) is 0.767. The molecule has 0 radical (unpaired) electrons. The summed E-state index contributed by atoms with van der Waals surface area (Å²) >= 11 is 1.04. The Labute approximate surface area is 128 Å². The molecule has 0 amide bonds. The van der Waals surface area contributed by atoms with Gasteiger partial charge in [-0.3, -0.25) is 0 Å². The highest BCUT2D eigenvalue weighted by Gasteiger charge is 2.16. The second-order valence-corrected chi connectivity index (χ2v) is 7.32. The van der Waals surface area contributed by atoms with E-state index in [0.717, 1.165) is 29.7 Å². The van der Waals surface area contributed by atoms with Gasteiger partial charge in [-0.25, -0.2) is 18.5 Å². The highest BCUT2D eigenvalue weighted by molar-refractivity contribution is 7.91. The predicted octanol–water partition coefficient (Wildman–Crippen LogP) is 2.91. The van der Waals surface area contributed by atoms with Crippen molar-refractivity contribution in [3.63, 3.8) is 0 Å². The minimum absolute atomic E-state index is 0.0451. The first-order valence-electron chi connectivity index (χ1n) is 6.41. The normalized spacial score (nSPS) is 12.8. The number of nitrogens with zero attached hydrogens (tertiary/aromatic N) is 1. The van der Waals surface area contributed by atoms with Crippen molar-refractivity contribution in [2.24, 2.45) is 5.14 Å². The van der Waals surface area contributed by atoms with Crippen molar-refractivity contribution < 1.29 is 8.42 Å². The van der Waals surface area contributed by atoms with E-state index in [-0.39, 0.29) is 10.3 Å². The number of thiazole rings is 1. The molecular formula is C14H17N3O2S2. The van der Waals surface area contributed by atoms with E-state index in [1.54, 1.807) is 0 Å². The van der Waals surface area contributed by atoms with Crippen LogP contribution in [0.2, 0.25) is 0 Å². The average molecular weight is 323 g/mol. The van der Waals surface area contributed by atoms with Crippen LogP contribution in [0.5, 0.6) is 0 Å². The lowest BCUT2D eigenvalue weighted by Crippen LogP contribution is -2.10. The van der Waals surface area contributed by atoms with Gasteiger partial charge in [-0.2, -0.15) is 0 Å². The zero-order valence-electron chi connectivity index (χ0n) is 11.4. The van der Waals surface area contributed by atoms with Gasteiger partial charge in [0.2, 0.25) is 10.0 Å². The van der Waals surface area contributed by atoms with Gasteiger partial charge in [0, 0.05) is 0 Å². The summed E-state index contributed by atoms with van der Waals surface area (Å²) in [6.07, 6.45) is 4.82. The second kappa shape index (κ2) is 6.84. The molecule has 2 rings (SSSR count). The van der Waals surface area contributed by atoms with Crippen molar-refractivity contribution in [3.05, 3.63) is 54.7 Å². The van der Waals surface area contributed by atoms with Crippen LogP contribution in [0.1, 0.15) is 24.4 Å². The summed E-state index contributed by atoms with van der Waals surface area (Å²) in [6, 6.07) is 9.98. The van der Waals surface area contributed by atoms with Crippen LogP contribution in [0.25, 0.3) is 0 Å². The molecule has 5 nitrogen and oxygen atoms in total. The molecule has 0 saturated heterocycles. The first-order chi connectivity index (χ1) is 10.0. The first-order valence-corrected chi connectivity index (χ1v) is 8.78. The van der Waals surface area contributed by atoms with Crippen LogP contribution >= 0.6 is 11.3 Å². The van der Waals surface area contributed by atoms with Crippen LogP contribution in [0.15, 0.2) is 53.4 Å². The van der Waals surface area contributed by atoms with E-state index >= 15 is 0 Å². The molecule has 3 N–H and O–H groups in total. The minimum Gasteiger partial charge on any atom is -0.355 e. The van der Waals surface area contributed by atoms with Crippen molar-refractivity contribution in [2.45, 2.75) is 23.1 Å². The molecule has 0 saturated carbocycles. The van der Waals surface area contributed by atoms with Crippen LogP contribution in [0.4, 0.5) is 5.13 Å². The number of rotatable bonds is 7. The Hall–Kier alpha value is -1.70. The van der Waals surface area contributed by atoms with E-state index in [1.165, 1.54) is 6.20 Å². The van der Waals surface area contributed by atoms with Crippen LogP contribution in [0, 0.1) is 0 Å². The van der Waals surface area contributed by atoms with Gasteiger partial charge < -0.3 is 5.32 Å². The van der Waals surface area contributed by atoms with Crippen molar-refractivity contribution in [2.75, 3.05) is 5.32 Å². The monoisotopic (exact) mass is 323 g/mol. The van der Waals surface area contributed by atoms with Crippen LogP contribution < -0.4 is 10.5 Å². The Morgan fingerprint density at radius 1 is 1.38 bits per heavy atom. The average Bonchev–Trinajstić information content (AvgIpc) is 2.93. The Kier molecular flexibility index (Phi) is 5.11. The molecule has 7 heteroatoms. The minimum atomic E-state index is -3.70. The van der Waals surface area contributed by atoms with Gasteiger partial charge in [0.05, 0.1) is 12.2 Å². The summed E-state index contributed by atoms with van der Waals surface area (Å²) < 4.78 is 22.6. The summed E-state index contributed by atoms with van der Waals surface area (Å²) in [4.78, 5) is 4.08. The molecule has 0 bridgehead atoms. The highest BCUT2D eigenvalue weighted by atomic mass is 32.2.